The van der Waals surface area contributed by atoms with Gasteiger partial charge in [-0.25, -0.2) is 4.99 Å². The summed E-state index contributed by atoms with van der Waals surface area (Å²) >= 11 is 0. The number of rotatable bonds is 5. The van der Waals surface area contributed by atoms with Gasteiger partial charge in [0.15, 0.2) is 5.96 Å². The zero-order valence-corrected chi connectivity index (χ0v) is 15.2. The molecule has 0 radical (unpaired) electrons. The molecular formula is C16H33N5O. The first-order valence-corrected chi connectivity index (χ1v) is 8.22. The Labute approximate surface area is 135 Å². The second-order valence-corrected chi connectivity index (χ2v) is 7.03. The maximum Gasteiger partial charge on any atom is 0.243 e. The van der Waals surface area contributed by atoms with Crippen LogP contribution in [0.1, 0.15) is 34.6 Å². The lowest BCUT2D eigenvalue weighted by Crippen LogP contribution is -2.49. The summed E-state index contributed by atoms with van der Waals surface area (Å²) in [4.78, 5) is 20.2. The minimum absolute atomic E-state index is 0.00753. The standard InChI is InChI=1S/C16H33N5O/c1-11(2)18-16(17-8-15(22)20(6)7)19-14-10-21(12(3)4)9-13(14)5/h11-14H,8-10H2,1-7H3,(H2,17,18,19). The monoisotopic (exact) mass is 311 g/mol. The van der Waals surface area contributed by atoms with E-state index in [0.29, 0.717) is 18.0 Å². The highest BCUT2D eigenvalue weighted by atomic mass is 16.2. The molecule has 1 amide bonds. The zero-order valence-electron chi connectivity index (χ0n) is 15.2. The van der Waals surface area contributed by atoms with Crippen molar-refractivity contribution in [2.24, 2.45) is 10.9 Å². The van der Waals surface area contributed by atoms with Crippen LogP contribution < -0.4 is 10.6 Å². The Balaban J connectivity index is 2.69. The third kappa shape index (κ3) is 5.83. The molecule has 6 nitrogen and oxygen atoms in total. The van der Waals surface area contributed by atoms with E-state index in [0.717, 1.165) is 19.0 Å². The number of likely N-dealkylation sites (tertiary alicyclic amines) is 1. The summed E-state index contributed by atoms with van der Waals surface area (Å²) in [6.45, 7) is 13.1. The van der Waals surface area contributed by atoms with Crippen molar-refractivity contribution in [3.8, 4) is 0 Å². The second-order valence-electron chi connectivity index (χ2n) is 7.03. The molecule has 0 bridgehead atoms. The molecule has 0 spiro atoms. The molecule has 2 N–H and O–H groups in total. The van der Waals surface area contributed by atoms with Crippen LogP contribution in [0.3, 0.4) is 0 Å². The van der Waals surface area contributed by atoms with E-state index >= 15 is 0 Å². The fourth-order valence-corrected chi connectivity index (χ4v) is 2.48. The predicted molar refractivity (Wildman–Crippen MR) is 92.1 cm³/mol. The molecule has 1 heterocycles. The maximum atomic E-state index is 11.7. The van der Waals surface area contributed by atoms with Gasteiger partial charge in [0.1, 0.15) is 6.54 Å². The van der Waals surface area contributed by atoms with Crippen molar-refractivity contribution in [2.45, 2.75) is 52.7 Å². The van der Waals surface area contributed by atoms with E-state index in [1.807, 2.05) is 0 Å². The minimum atomic E-state index is 0.00753. The summed E-state index contributed by atoms with van der Waals surface area (Å²) < 4.78 is 0. The number of carbonyl (C=O) groups excluding carboxylic acids is 1. The lowest BCUT2D eigenvalue weighted by Gasteiger charge is -2.23. The molecule has 6 heteroatoms. The van der Waals surface area contributed by atoms with Crippen LogP contribution in [0.4, 0.5) is 0 Å². The minimum Gasteiger partial charge on any atom is -0.354 e. The van der Waals surface area contributed by atoms with Crippen LogP contribution in [0.2, 0.25) is 0 Å². The van der Waals surface area contributed by atoms with Gasteiger partial charge in [0.2, 0.25) is 5.91 Å². The molecule has 2 unspecified atom stereocenters. The van der Waals surface area contributed by atoms with Gasteiger partial charge in [-0.1, -0.05) is 6.92 Å². The smallest absolute Gasteiger partial charge is 0.243 e. The fraction of sp³-hybridized carbons (Fsp3) is 0.875. The third-order valence-corrected chi connectivity index (χ3v) is 3.99. The zero-order chi connectivity index (χ0) is 16.9. The van der Waals surface area contributed by atoms with Gasteiger partial charge in [0.05, 0.1) is 0 Å². The van der Waals surface area contributed by atoms with Crippen molar-refractivity contribution in [3.63, 3.8) is 0 Å². The molecule has 22 heavy (non-hydrogen) atoms. The van der Waals surface area contributed by atoms with Crippen molar-refractivity contribution in [1.29, 1.82) is 0 Å². The number of aliphatic imine (C=N–C) groups is 1. The van der Waals surface area contributed by atoms with E-state index in [9.17, 15) is 4.79 Å². The Morgan fingerprint density at radius 3 is 2.36 bits per heavy atom. The average molecular weight is 311 g/mol. The van der Waals surface area contributed by atoms with Crippen LogP contribution in [0.5, 0.6) is 0 Å². The van der Waals surface area contributed by atoms with E-state index in [1.54, 1.807) is 19.0 Å². The highest BCUT2D eigenvalue weighted by Crippen LogP contribution is 2.18. The lowest BCUT2D eigenvalue weighted by atomic mass is 10.1. The average Bonchev–Trinajstić information content (AvgIpc) is 2.76. The summed E-state index contributed by atoms with van der Waals surface area (Å²) in [6.07, 6.45) is 0. The molecule has 0 aliphatic carbocycles. The molecule has 0 aromatic heterocycles. The number of nitrogens with zero attached hydrogens (tertiary/aromatic N) is 3. The molecule has 1 rings (SSSR count). The van der Waals surface area contributed by atoms with Crippen molar-refractivity contribution in [3.05, 3.63) is 0 Å². The molecule has 1 fully saturated rings. The van der Waals surface area contributed by atoms with Crippen molar-refractivity contribution in [1.82, 2.24) is 20.4 Å². The van der Waals surface area contributed by atoms with Gasteiger partial charge < -0.3 is 15.5 Å². The highest BCUT2D eigenvalue weighted by molar-refractivity contribution is 5.85. The molecular weight excluding hydrogens is 278 g/mol. The van der Waals surface area contributed by atoms with Gasteiger partial charge in [0.25, 0.3) is 0 Å². The topological polar surface area (TPSA) is 60.0 Å². The van der Waals surface area contributed by atoms with Gasteiger partial charge in [-0.05, 0) is 33.6 Å². The highest BCUT2D eigenvalue weighted by Gasteiger charge is 2.31. The largest absolute Gasteiger partial charge is 0.354 e. The van der Waals surface area contributed by atoms with Crippen LogP contribution in [0.25, 0.3) is 0 Å². The Bertz CT molecular complexity index is 392. The summed E-state index contributed by atoms with van der Waals surface area (Å²) in [5.41, 5.74) is 0. The van der Waals surface area contributed by atoms with Crippen molar-refractivity contribution in [2.75, 3.05) is 33.7 Å². The SMILES string of the molecule is CC(C)NC(=NCC(=O)N(C)C)NC1CN(C(C)C)CC1C. The summed E-state index contributed by atoms with van der Waals surface area (Å²) in [7, 11) is 3.50. The molecule has 1 aliphatic rings. The van der Waals surface area contributed by atoms with Gasteiger partial charge in [-0.3, -0.25) is 9.69 Å². The molecule has 2 atom stereocenters. The van der Waals surface area contributed by atoms with Gasteiger partial charge in [0, 0.05) is 45.3 Å². The Morgan fingerprint density at radius 2 is 1.91 bits per heavy atom. The number of hydrogen-bond acceptors (Lipinski definition) is 3. The Morgan fingerprint density at radius 1 is 1.27 bits per heavy atom. The van der Waals surface area contributed by atoms with E-state index in [4.69, 9.17) is 0 Å². The van der Waals surface area contributed by atoms with Crippen molar-refractivity contribution >= 4 is 11.9 Å². The van der Waals surface area contributed by atoms with Crippen LogP contribution in [-0.4, -0.2) is 73.5 Å². The number of carbonyl (C=O) groups is 1. The quantitative estimate of drug-likeness (QED) is 0.581. The van der Waals surface area contributed by atoms with Crippen LogP contribution in [-0.2, 0) is 4.79 Å². The Kier molecular flexibility index (Phi) is 7.13. The normalized spacial score (nSPS) is 23.2. The number of hydrogen-bond donors (Lipinski definition) is 2. The summed E-state index contributed by atoms with van der Waals surface area (Å²) in [6, 6.07) is 1.20. The molecule has 1 saturated heterocycles. The molecule has 0 aromatic carbocycles. The van der Waals surface area contributed by atoms with Gasteiger partial charge in [-0.2, -0.15) is 0 Å². The second kappa shape index (κ2) is 8.36. The van der Waals surface area contributed by atoms with E-state index in [1.165, 1.54) is 0 Å². The van der Waals surface area contributed by atoms with Crippen LogP contribution in [0.15, 0.2) is 4.99 Å². The van der Waals surface area contributed by atoms with Gasteiger partial charge >= 0.3 is 0 Å². The maximum absolute atomic E-state index is 11.7. The number of nitrogens with one attached hydrogen (secondary N) is 2. The Hall–Kier alpha value is -1.30. The van der Waals surface area contributed by atoms with E-state index < -0.39 is 0 Å². The molecule has 0 aromatic rings. The van der Waals surface area contributed by atoms with Gasteiger partial charge in [-0.15, -0.1) is 0 Å². The lowest BCUT2D eigenvalue weighted by molar-refractivity contribution is -0.127. The first-order valence-electron chi connectivity index (χ1n) is 8.22. The number of likely N-dealkylation sites (N-methyl/N-ethyl adjacent to an activating group) is 1. The first kappa shape index (κ1) is 18.7. The third-order valence-electron chi connectivity index (χ3n) is 3.99. The predicted octanol–water partition coefficient (Wildman–Crippen LogP) is 0.747. The molecule has 0 saturated carbocycles. The first-order chi connectivity index (χ1) is 10.2. The van der Waals surface area contributed by atoms with Crippen molar-refractivity contribution < 1.29 is 4.79 Å². The van der Waals surface area contributed by atoms with Crippen LogP contribution in [0, 0.1) is 5.92 Å². The van der Waals surface area contributed by atoms with E-state index in [2.05, 4.69) is 55.1 Å². The summed E-state index contributed by atoms with van der Waals surface area (Å²) in [5, 5.41) is 6.82. The fourth-order valence-electron chi connectivity index (χ4n) is 2.48. The number of amides is 1. The summed E-state index contributed by atoms with van der Waals surface area (Å²) in [5.74, 6) is 1.30. The van der Waals surface area contributed by atoms with Crippen LogP contribution >= 0.6 is 0 Å². The number of guanidine groups is 1. The molecule has 1 aliphatic heterocycles. The van der Waals surface area contributed by atoms with E-state index in [-0.39, 0.29) is 18.5 Å². The molecule has 128 valence electrons.